The highest BCUT2D eigenvalue weighted by Gasteiger charge is 2.29. The molecular weight excluding hydrogens is 220 g/mol. The van der Waals surface area contributed by atoms with Gasteiger partial charge in [-0.25, -0.2) is 17.9 Å². The molecule has 2 N–H and O–H groups in total. The Morgan fingerprint density at radius 1 is 1.33 bits per heavy atom. The molecule has 7 heteroatoms. The molecule has 0 unspecified atom stereocenters. The zero-order chi connectivity index (χ0) is 11.1. The number of rotatable bonds is 1. The number of benzene rings is 1. The van der Waals surface area contributed by atoms with E-state index in [0.29, 0.717) is 5.75 Å². The predicted molar refractivity (Wildman–Crippen MR) is 52.3 cm³/mol. The minimum atomic E-state index is -3.77. The molecule has 1 aliphatic rings. The number of carbonyl (C=O) groups is 1. The molecule has 0 atom stereocenters. The van der Waals surface area contributed by atoms with Crippen molar-refractivity contribution in [2.75, 3.05) is 12.4 Å². The summed E-state index contributed by atoms with van der Waals surface area (Å²) in [5.74, 6) is 0.311. The van der Waals surface area contributed by atoms with Gasteiger partial charge in [-0.15, -0.1) is 0 Å². The van der Waals surface area contributed by atoms with Crippen LogP contribution in [0.2, 0.25) is 0 Å². The zero-order valence-electron chi connectivity index (χ0n) is 7.77. The number of urea groups is 1. The van der Waals surface area contributed by atoms with E-state index in [0.717, 1.165) is 0 Å². The first kappa shape index (κ1) is 9.78. The van der Waals surface area contributed by atoms with Gasteiger partial charge in [-0.1, -0.05) is 6.07 Å². The number of anilines is 1. The highest BCUT2D eigenvalue weighted by molar-refractivity contribution is 7.90. The molecule has 0 saturated heterocycles. The molecule has 0 aliphatic carbocycles. The van der Waals surface area contributed by atoms with Gasteiger partial charge in [-0.05, 0) is 12.1 Å². The van der Waals surface area contributed by atoms with Crippen LogP contribution in [-0.4, -0.2) is 21.6 Å². The molecule has 0 radical (unpaired) electrons. The van der Waals surface area contributed by atoms with Gasteiger partial charge in [0, 0.05) is 0 Å². The van der Waals surface area contributed by atoms with Crippen LogP contribution in [0.5, 0.6) is 5.75 Å². The monoisotopic (exact) mass is 228 g/mol. The van der Waals surface area contributed by atoms with E-state index < -0.39 is 16.1 Å². The third-order valence-corrected chi connectivity index (χ3v) is 3.34. The molecule has 0 spiro atoms. The summed E-state index contributed by atoms with van der Waals surface area (Å²) in [4.78, 5) is 11.1. The maximum absolute atomic E-state index is 11.5. The highest BCUT2D eigenvalue weighted by atomic mass is 32.2. The number of amides is 2. The van der Waals surface area contributed by atoms with Gasteiger partial charge in [-0.3, -0.25) is 0 Å². The third kappa shape index (κ3) is 1.50. The van der Waals surface area contributed by atoms with Crippen molar-refractivity contribution < 1.29 is 17.9 Å². The summed E-state index contributed by atoms with van der Waals surface area (Å²) in [5.41, 5.74) is 0.170. The van der Waals surface area contributed by atoms with Crippen molar-refractivity contribution in [3.8, 4) is 5.75 Å². The molecule has 0 fully saturated rings. The number of ether oxygens (including phenoxy) is 1. The van der Waals surface area contributed by atoms with Crippen molar-refractivity contribution in [2.45, 2.75) is 4.90 Å². The van der Waals surface area contributed by atoms with Crippen molar-refractivity contribution in [2.24, 2.45) is 0 Å². The molecule has 0 bridgehead atoms. The average Bonchev–Trinajstić information content (AvgIpc) is 2.15. The summed E-state index contributed by atoms with van der Waals surface area (Å²) >= 11 is 0. The van der Waals surface area contributed by atoms with Crippen LogP contribution in [0, 0.1) is 0 Å². The summed E-state index contributed by atoms with van der Waals surface area (Å²) in [7, 11) is -2.37. The van der Waals surface area contributed by atoms with Crippen molar-refractivity contribution >= 4 is 21.7 Å². The van der Waals surface area contributed by atoms with Crippen LogP contribution >= 0.6 is 0 Å². The van der Waals surface area contributed by atoms with Crippen LogP contribution in [0.3, 0.4) is 0 Å². The van der Waals surface area contributed by atoms with Gasteiger partial charge >= 0.3 is 6.03 Å². The molecule has 6 nitrogen and oxygen atoms in total. The maximum Gasteiger partial charge on any atom is 0.333 e. The van der Waals surface area contributed by atoms with E-state index in [1.807, 2.05) is 4.72 Å². The van der Waals surface area contributed by atoms with Crippen LogP contribution in [-0.2, 0) is 10.0 Å². The average molecular weight is 228 g/mol. The fourth-order valence-electron chi connectivity index (χ4n) is 1.34. The predicted octanol–water partition coefficient (Wildman–Crippen LogP) is 0.519. The Hall–Kier alpha value is -1.76. The minimum Gasteiger partial charge on any atom is -0.495 e. The van der Waals surface area contributed by atoms with E-state index >= 15 is 0 Å². The first-order valence-corrected chi connectivity index (χ1v) is 5.54. The van der Waals surface area contributed by atoms with Crippen molar-refractivity contribution in [3.05, 3.63) is 18.2 Å². The molecule has 1 aromatic rings. The number of fused-ring (bicyclic) bond motifs is 1. The van der Waals surface area contributed by atoms with E-state index in [9.17, 15) is 13.2 Å². The van der Waals surface area contributed by atoms with E-state index in [4.69, 9.17) is 4.74 Å². The summed E-state index contributed by atoms with van der Waals surface area (Å²) in [6.07, 6.45) is 0. The number of methoxy groups -OCH3 is 1. The normalized spacial score (nSPS) is 17.3. The number of hydrogen-bond donors (Lipinski definition) is 2. The second-order valence-corrected chi connectivity index (χ2v) is 4.54. The molecule has 15 heavy (non-hydrogen) atoms. The quantitative estimate of drug-likeness (QED) is 0.733. The summed E-state index contributed by atoms with van der Waals surface area (Å²) < 4.78 is 29.8. The SMILES string of the molecule is COc1cccc2c1NC(=O)NS2(=O)=O. The van der Waals surface area contributed by atoms with Crippen LogP contribution in [0.25, 0.3) is 0 Å². The third-order valence-electron chi connectivity index (χ3n) is 1.96. The van der Waals surface area contributed by atoms with Crippen LogP contribution in [0.15, 0.2) is 23.1 Å². The van der Waals surface area contributed by atoms with Crippen LogP contribution < -0.4 is 14.8 Å². The lowest BCUT2D eigenvalue weighted by Gasteiger charge is -2.19. The Balaban J connectivity index is 2.71. The smallest absolute Gasteiger partial charge is 0.333 e. The largest absolute Gasteiger partial charge is 0.495 e. The number of nitrogens with one attached hydrogen (secondary N) is 2. The molecule has 2 amide bonds. The lowest BCUT2D eigenvalue weighted by molar-refractivity contribution is 0.256. The number of carbonyl (C=O) groups excluding carboxylic acids is 1. The lowest BCUT2D eigenvalue weighted by Crippen LogP contribution is -2.39. The van der Waals surface area contributed by atoms with E-state index in [-0.39, 0.29) is 10.6 Å². The standard InChI is InChI=1S/C8H8N2O4S/c1-14-5-3-2-4-6-7(5)9-8(11)10-15(6,12)13/h2-4H,1H3,(H2,9,10,11). The lowest BCUT2D eigenvalue weighted by atomic mass is 10.3. The Kier molecular flexibility index (Phi) is 2.04. The topological polar surface area (TPSA) is 84.5 Å². The molecular formula is C8H8N2O4S. The first-order chi connectivity index (χ1) is 7.04. The second kappa shape index (κ2) is 3.13. The van der Waals surface area contributed by atoms with Gasteiger partial charge in [0.1, 0.15) is 16.3 Å². The van der Waals surface area contributed by atoms with Gasteiger partial charge in [0.15, 0.2) is 0 Å². The van der Waals surface area contributed by atoms with Gasteiger partial charge in [0.05, 0.1) is 7.11 Å². The summed E-state index contributed by atoms with van der Waals surface area (Å²) in [6.45, 7) is 0. The fraction of sp³-hybridized carbons (Fsp3) is 0.125. The molecule has 2 rings (SSSR count). The van der Waals surface area contributed by atoms with Gasteiger partial charge in [0.25, 0.3) is 10.0 Å². The van der Waals surface area contributed by atoms with Crippen molar-refractivity contribution in [1.82, 2.24) is 4.72 Å². The van der Waals surface area contributed by atoms with Gasteiger partial charge in [0.2, 0.25) is 0 Å². The van der Waals surface area contributed by atoms with E-state index in [2.05, 4.69) is 5.32 Å². The molecule has 0 saturated carbocycles. The molecule has 1 aromatic carbocycles. The highest BCUT2D eigenvalue weighted by Crippen LogP contribution is 2.33. The number of sulfonamides is 1. The maximum atomic E-state index is 11.5. The molecule has 1 heterocycles. The summed E-state index contributed by atoms with van der Waals surface area (Å²) in [5, 5.41) is 2.38. The Labute approximate surface area is 86.3 Å². The van der Waals surface area contributed by atoms with Crippen molar-refractivity contribution in [1.29, 1.82) is 0 Å². The fourth-order valence-corrected chi connectivity index (χ4v) is 2.43. The van der Waals surface area contributed by atoms with Gasteiger partial charge in [-0.2, -0.15) is 0 Å². The first-order valence-electron chi connectivity index (χ1n) is 4.05. The van der Waals surface area contributed by atoms with E-state index in [1.54, 1.807) is 6.07 Å². The Morgan fingerprint density at radius 3 is 2.73 bits per heavy atom. The zero-order valence-corrected chi connectivity index (χ0v) is 8.59. The van der Waals surface area contributed by atoms with E-state index in [1.165, 1.54) is 19.2 Å². The molecule has 0 aromatic heterocycles. The second-order valence-electron chi connectivity index (χ2n) is 2.89. The Bertz CT molecular complexity index is 523. The van der Waals surface area contributed by atoms with Crippen molar-refractivity contribution in [3.63, 3.8) is 0 Å². The molecule has 80 valence electrons. The Morgan fingerprint density at radius 2 is 2.07 bits per heavy atom. The van der Waals surface area contributed by atoms with Crippen LogP contribution in [0.1, 0.15) is 0 Å². The number of para-hydroxylation sites is 1. The van der Waals surface area contributed by atoms with Crippen LogP contribution in [0.4, 0.5) is 10.5 Å². The minimum absolute atomic E-state index is 0.00134. The summed E-state index contributed by atoms with van der Waals surface area (Å²) in [6, 6.07) is 3.71. The number of hydrogen-bond acceptors (Lipinski definition) is 4. The van der Waals surface area contributed by atoms with Gasteiger partial charge < -0.3 is 10.1 Å². The molecule has 1 aliphatic heterocycles.